The van der Waals surface area contributed by atoms with Crippen LogP contribution in [-0.4, -0.2) is 49.5 Å². The van der Waals surface area contributed by atoms with Gasteiger partial charge in [0, 0.05) is 18.7 Å². The molecule has 2 aromatic carbocycles. The average molecular weight is 518 g/mol. The van der Waals surface area contributed by atoms with E-state index in [2.05, 4.69) is 5.10 Å². The summed E-state index contributed by atoms with van der Waals surface area (Å²) < 4.78 is 50.4. The van der Waals surface area contributed by atoms with Gasteiger partial charge < -0.3 is 9.47 Å². The molecule has 0 aliphatic rings. The third kappa shape index (κ3) is 5.91. The second-order valence-electron chi connectivity index (χ2n) is 8.42. The van der Waals surface area contributed by atoms with E-state index >= 15 is 0 Å². The van der Waals surface area contributed by atoms with Crippen molar-refractivity contribution in [3.63, 3.8) is 0 Å². The Bertz CT molecular complexity index is 1350. The lowest BCUT2D eigenvalue weighted by Crippen LogP contribution is -2.27. The summed E-state index contributed by atoms with van der Waals surface area (Å²) in [7, 11) is -0.831. The molecule has 3 aromatic rings. The number of aromatic nitrogens is 2. The van der Waals surface area contributed by atoms with Crippen LogP contribution in [0.15, 0.2) is 53.4 Å². The number of halogens is 1. The van der Waals surface area contributed by atoms with Crippen LogP contribution in [0.25, 0.3) is 11.3 Å². The zero-order valence-electron chi connectivity index (χ0n) is 20.6. The van der Waals surface area contributed by atoms with Gasteiger partial charge in [-0.05, 0) is 56.7 Å². The Balaban J connectivity index is 1.84. The number of amides is 1. The van der Waals surface area contributed by atoms with Gasteiger partial charge in [0.05, 0.1) is 29.8 Å². The first-order valence-corrected chi connectivity index (χ1v) is 12.8. The summed E-state index contributed by atoms with van der Waals surface area (Å²) in [5, 5.41) is 4.44. The molecule has 0 aliphatic heterocycles. The van der Waals surface area contributed by atoms with Crippen molar-refractivity contribution in [3.05, 3.63) is 59.9 Å². The van der Waals surface area contributed by atoms with Crippen LogP contribution in [0.3, 0.4) is 0 Å². The number of hydrogen-bond donors (Lipinski definition) is 0. The maximum Gasteiger partial charge on any atom is 0.321 e. The molecule has 0 radical (unpaired) electrons. The molecule has 3 rings (SSSR count). The maximum atomic E-state index is 13.8. The van der Waals surface area contributed by atoms with E-state index in [0.29, 0.717) is 29.0 Å². The molecule has 0 bridgehead atoms. The molecule has 0 spiro atoms. The minimum atomic E-state index is -3.88. The first-order valence-electron chi connectivity index (χ1n) is 11.1. The van der Waals surface area contributed by atoms with Gasteiger partial charge in [-0.1, -0.05) is 12.1 Å². The molecular formula is C25H28FN3O6S. The summed E-state index contributed by atoms with van der Waals surface area (Å²) in [5.74, 6) is -1.52. The minimum Gasteiger partial charge on any atom is -0.494 e. The number of carbonyl (C=O) groups is 2. The molecule has 1 amide bonds. The number of sulfone groups is 1. The van der Waals surface area contributed by atoms with Gasteiger partial charge in [0.2, 0.25) is 6.41 Å². The van der Waals surface area contributed by atoms with Crippen LogP contribution in [0.4, 0.5) is 10.2 Å². The van der Waals surface area contributed by atoms with Crippen molar-refractivity contribution < 1.29 is 31.9 Å². The highest BCUT2D eigenvalue weighted by Crippen LogP contribution is 2.31. The van der Waals surface area contributed by atoms with Gasteiger partial charge in [0.25, 0.3) is 0 Å². The molecule has 1 heterocycles. The predicted molar refractivity (Wildman–Crippen MR) is 132 cm³/mol. The second-order valence-corrected chi connectivity index (χ2v) is 10.4. The van der Waals surface area contributed by atoms with Crippen LogP contribution in [0, 0.1) is 5.82 Å². The molecule has 1 aromatic heterocycles. The quantitative estimate of drug-likeness (QED) is 0.298. The third-order valence-electron chi connectivity index (χ3n) is 5.49. The van der Waals surface area contributed by atoms with Crippen LogP contribution in [-0.2, 0) is 31.2 Å². The lowest BCUT2D eigenvalue weighted by atomic mass is 10.1. The molecule has 0 unspecified atom stereocenters. The van der Waals surface area contributed by atoms with E-state index in [1.165, 1.54) is 41.0 Å². The summed E-state index contributed by atoms with van der Waals surface area (Å²) in [6.45, 7) is 5.06. The molecule has 1 atom stereocenters. The van der Waals surface area contributed by atoms with Gasteiger partial charge in [-0.3, -0.25) is 19.2 Å². The summed E-state index contributed by atoms with van der Waals surface area (Å²) in [6, 6.07) is 11.5. The van der Waals surface area contributed by atoms with E-state index in [9.17, 15) is 22.4 Å². The third-order valence-corrected chi connectivity index (χ3v) is 7.10. The van der Waals surface area contributed by atoms with Crippen LogP contribution in [0.5, 0.6) is 5.75 Å². The summed E-state index contributed by atoms with van der Waals surface area (Å²) in [5.41, 5.74) is 1.79. The van der Waals surface area contributed by atoms with Gasteiger partial charge in [-0.25, -0.2) is 12.8 Å². The Morgan fingerprint density at radius 3 is 2.39 bits per heavy atom. The molecule has 0 saturated heterocycles. The SMILES string of the molecule is COc1cc(-c2cc(N(C=O)[C@H](C)c3ccc(S(=O)(=O)CC(=O)OC(C)C)cc3)n(C)n2)ccc1F. The average Bonchev–Trinajstić information content (AvgIpc) is 3.20. The predicted octanol–water partition coefficient (Wildman–Crippen LogP) is 3.68. The van der Waals surface area contributed by atoms with Gasteiger partial charge in [0.1, 0.15) is 5.82 Å². The highest BCUT2D eigenvalue weighted by Gasteiger charge is 2.24. The highest BCUT2D eigenvalue weighted by molar-refractivity contribution is 7.92. The smallest absolute Gasteiger partial charge is 0.321 e. The van der Waals surface area contributed by atoms with Crippen LogP contribution >= 0.6 is 0 Å². The molecule has 36 heavy (non-hydrogen) atoms. The molecule has 0 fully saturated rings. The Morgan fingerprint density at radius 1 is 1.14 bits per heavy atom. The van der Waals surface area contributed by atoms with E-state index in [0.717, 1.165) is 0 Å². The van der Waals surface area contributed by atoms with E-state index in [1.807, 2.05) is 0 Å². The Morgan fingerprint density at radius 2 is 1.81 bits per heavy atom. The van der Waals surface area contributed by atoms with Crippen molar-refractivity contribution in [2.45, 2.75) is 37.8 Å². The van der Waals surface area contributed by atoms with Crippen molar-refractivity contribution >= 4 is 28.0 Å². The van der Waals surface area contributed by atoms with Gasteiger partial charge in [0.15, 0.2) is 27.2 Å². The van der Waals surface area contributed by atoms with Crippen molar-refractivity contribution in [2.75, 3.05) is 17.8 Å². The first kappa shape index (κ1) is 26.9. The molecule has 9 nitrogen and oxygen atoms in total. The number of ether oxygens (including phenoxy) is 2. The molecular weight excluding hydrogens is 489 g/mol. The standard InChI is InChI=1S/C25H28FN3O6S/c1-16(2)35-25(31)14-36(32,33)20-9-6-18(7-10-20)17(3)29(15-30)24-13-22(27-28(24)4)19-8-11-21(26)23(12-19)34-5/h6-13,15-17H,14H2,1-5H3/t17-/m1/s1. The number of hydrogen-bond acceptors (Lipinski definition) is 7. The number of benzene rings is 2. The fourth-order valence-electron chi connectivity index (χ4n) is 3.65. The highest BCUT2D eigenvalue weighted by atomic mass is 32.2. The zero-order chi connectivity index (χ0) is 26.6. The second kappa shape index (κ2) is 10.9. The monoisotopic (exact) mass is 517 g/mol. The lowest BCUT2D eigenvalue weighted by Gasteiger charge is -2.25. The van der Waals surface area contributed by atoms with Crippen LogP contribution in [0.2, 0.25) is 0 Å². The normalized spacial score (nSPS) is 12.3. The van der Waals surface area contributed by atoms with Crippen molar-refractivity contribution in [3.8, 4) is 17.0 Å². The van der Waals surface area contributed by atoms with E-state index in [1.54, 1.807) is 52.1 Å². The van der Waals surface area contributed by atoms with Gasteiger partial charge in [-0.2, -0.15) is 5.10 Å². The van der Waals surface area contributed by atoms with Crippen molar-refractivity contribution in [2.24, 2.45) is 7.05 Å². The molecule has 11 heteroatoms. The number of carbonyl (C=O) groups excluding carboxylic acids is 2. The van der Waals surface area contributed by atoms with E-state index in [-0.39, 0.29) is 10.6 Å². The number of anilines is 1. The van der Waals surface area contributed by atoms with Crippen molar-refractivity contribution in [1.29, 1.82) is 0 Å². The Kier molecular flexibility index (Phi) is 8.13. The van der Waals surface area contributed by atoms with Crippen LogP contribution in [0.1, 0.15) is 32.4 Å². The van der Waals surface area contributed by atoms with Gasteiger partial charge >= 0.3 is 5.97 Å². The number of aryl methyl sites for hydroxylation is 1. The largest absolute Gasteiger partial charge is 0.494 e. The Hall–Kier alpha value is -3.73. The van der Waals surface area contributed by atoms with E-state index in [4.69, 9.17) is 9.47 Å². The fraction of sp³-hybridized carbons (Fsp3) is 0.320. The lowest BCUT2D eigenvalue weighted by molar-refractivity contribution is -0.144. The van der Waals surface area contributed by atoms with Crippen molar-refractivity contribution in [1.82, 2.24) is 9.78 Å². The Labute approximate surface area is 209 Å². The summed E-state index contributed by atoms with van der Waals surface area (Å²) >= 11 is 0. The van der Waals surface area contributed by atoms with Gasteiger partial charge in [-0.15, -0.1) is 0 Å². The molecule has 192 valence electrons. The first-order chi connectivity index (χ1) is 17.0. The molecule has 0 aliphatic carbocycles. The number of methoxy groups -OCH3 is 1. The number of nitrogens with zero attached hydrogens (tertiary/aromatic N) is 3. The number of esters is 1. The minimum absolute atomic E-state index is 0.0233. The maximum absolute atomic E-state index is 13.8. The molecule has 0 N–H and O–H groups in total. The zero-order valence-corrected chi connectivity index (χ0v) is 21.5. The summed E-state index contributed by atoms with van der Waals surface area (Å²) in [6.07, 6.45) is 0.242. The van der Waals surface area contributed by atoms with E-state index < -0.39 is 39.5 Å². The number of rotatable bonds is 10. The topological polar surface area (TPSA) is 108 Å². The molecule has 0 saturated carbocycles. The van der Waals surface area contributed by atoms with Crippen LogP contribution < -0.4 is 9.64 Å². The fourth-order valence-corrected chi connectivity index (χ4v) is 4.75. The summed E-state index contributed by atoms with van der Waals surface area (Å²) in [4.78, 5) is 25.3.